The molecular formula is C18H22N4O2S. The lowest BCUT2D eigenvalue weighted by Crippen LogP contribution is -2.31. The molecule has 1 aromatic heterocycles. The molecule has 0 amide bonds. The van der Waals surface area contributed by atoms with Gasteiger partial charge in [0.1, 0.15) is 11.4 Å². The van der Waals surface area contributed by atoms with E-state index in [1.165, 1.54) is 31.0 Å². The first kappa shape index (κ1) is 16.4. The van der Waals surface area contributed by atoms with Crippen LogP contribution >= 0.6 is 11.8 Å². The Balaban J connectivity index is 1.69. The second-order valence-corrected chi connectivity index (χ2v) is 7.76. The largest absolute Gasteiger partial charge is 0.462 e. The molecule has 0 bridgehead atoms. The Labute approximate surface area is 151 Å². The number of esters is 1. The van der Waals surface area contributed by atoms with E-state index in [9.17, 15) is 4.79 Å². The van der Waals surface area contributed by atoms with Gasteiger partial charge in [0.05, 0.1) is 5.69 Å². The van der Waals surface area contributed by atoms with E-state index in [1.54, 1.807) is 0 Å². The molecule has 0 unspecified atom stereocenters. The normalized spacial score (nSPS) is 23.7. The lowest BCUT2D eigenvalue weighted by atomic mass is 10.1. The Kier molecular flexibility index (Phi) is 4.65. The van der Waals surface area contributed by atoms with E-state index in [0.717, 1.165) is 29.9 Å². The van der Waals surface area contributed by atoms with Gasteiger partial charge < -0.3 is 9.64 Å². The number of cyclic esters (lactones) is 1. The van der Waals surface area contributed by atoms with Crippen molar-refractivity contribution in [1.82, 2.24) is 14.8 Å². The summed E-state index contributed by atoms with van der Waals surface area (Å²) in [6.07, 6.45) is 4.31. The number of hydrogen-bond acceptors (Lipinski definition) is 6. The molecule has 0 aliphatic carbocycles. The maximum atomic E-state index is 12.0. The molecular weight excluding hydrogens is 336 g/mol. The minimum absolute atomic E-state index is 0.0281. The number of piperidine rings is 1. The summed E-state index contributed by atoms with van der Waals surface area (Å²) in [5, 5.41) is 9.43. The molecule has 1 aromatic carbocycles. The fourth-order valence-electron chi connectivity index (χ4n) is 3.38. The number of anilines is 1. The number of hydrogen-bond donors (Lipinski definition) is 0. The highest BCUT2D eigenvalue weighted by molar-refractivity contribution is 8.00. The summed E-state index contributed by atoms with van der Waals surface area (Å²) in [4.78, 5) is 14.3. The van der Waals surface area contributed by atoms with Crippen LogP contribution in [-0.4, -0.2) is 45.2 Å². The average Bonchev–Trinajstić information content (AvgIpc) is 3.19. The van der Waals surface area contributed by atoms with Crippen LogP contribution < -0.4 is 4.90 Å². The topological polar surface area (TPSA) is 60.2 Å². The molecule has 0 spiro atoms. The van der Waals surface area contributed by atoms with E-state index in [4.69, 9.17) is 4.74 Å². The van der Waals surface area contributed by atoms with Crippen LogP contribution in [0, 0.1) is 0 Å². The summed E-state index contributed by atoms with van der Waals surface area (Å²) in [7, 11) is 0. The third kappa shape index (κ3) is 3.38. The molecule has 7 heteroatoms. The molecule has 4 rings (SSSR count). The van der Waals surface area contributed by atoms with Gasteiger partial charge in [0.25, 0.3) is 0 Å². The molecule has 2 atom stereocenters. The number of carbonyl (C=O) groups is 1. The zero-order chi connectivity index (χ0) is 17.2. The highest BCUT2D eigenvalue weighted by Gasteiger charge is 2.35. The lowest BCUT2D eigenvalue weighted by molar-refractivity contribution is -0.140. The van der Waals surface area contributed by atoms with Crippen LogP contribution in [-0.2, 0) is 9.53 Å². The first-order valence-corrected chi connectivity index (χ1v) is 9.73. The quantitative estimate of drug-likeness (QED) is 0.783. The number of benzene rings is 1. The second kappa shape index (κ2) is 7.07. The fraction of sp³-hybridized carbons (Fsp3) is 0.500. The van der Waals surface area contributed by atoms with Gasteiger partial charge in [-0.25, -0.2) is 0 Å². The first-order chi connectivity index (χ1) is 12.2. The van der Waals surface area contributed by atoms with Crippen molar-refractivity contribution in [1.29, 1.82) is 0 Å². The van der Waals surface area contributed by atoms with Crippen molar-refractivity contribution in [2.45, 2.75) is 49.1 Å². The second-order valence-electron chi connectivity index (χ2n) is 6.59. The number of thioether (sulfide) groups is 1. The van der Waals surface area contributed by atoms with Crippen molar-refractivity contribution < 1.29 is 9.53 Å². The van der Waals surface area contributed by atoms with Crippen LogP contribution in [0.2, 0.25) is 0 Å². The van der Waals surface area contributed by atoms with Crippen molar-refractivity contribution in [3.05, 3.63) is 30.3 Å². The molecule has 2 fully saturated rings. The molecule has 25 heavy (non-hydrogen) atoms. The molecule has 0 radical (unpaired) electrons. The van der Waals surface area contributed by atoms with Crippen LogP contribution in [0.5, 0.6) is 0 Å². The Morgan fingerprint density at radius 1 is 1.12 bits per heavy atom. The molecule has 2 aliphatic heterocycles. The molecule has 2 saturated heterocycles. The first-order valence-electron chi connectivity index (χ1n) is 8.85. The van der Waals surface area contributed by atoms with E-state index in [0.29, 0.717) is 6.42 Å². The number of aromatic nitrogens is 3. The van der Waals surface area contributed by atoms with E-state index in [2.05, 4.69) is 31.8 Å². The Bertz CT molecular complexity index is 743. The summed E-state index contributed by atoms with van der Waals surface area (Å²) >= 11 is 1.46. The fourth-order valence-corrected chi connectivity index (χ4v) is 4.54. The molecule has 3 heterocycles. The Morgan fingerprint density at radius 3 is 2.56 bits per heavy atom. The monoisotopic (exact) mass is 358 g/mol. The van der Waals surface area contributed by atoms with Crippen molar-refractivity contribution in [2.24, 2.45) is 0 Å². The highest BCUT2D eigenvalue weighted by atomic mass is 32.2. The van der Waals surface area contributed by atoms with Crippen molar-refractivity contribution in [3.8, 4) is 5.69 Å². The molecule has 0 N–H and O–H groups in total. The van der Waals surface area contributed by atoms with Crippen molar-refractivity contribution in [2.75, 3.05) is 18.0 Å². The van der Waals surface area contributed by atoms with Crippen LogP contribution in [0.3, 0.4) is 0 Å². The van der Waals surface area contributed by atoms with Gasteiger partial charge in [-0.1, -0.05) is 30.0 Å². The number of para-hydroxylation sites is 1. The highest BCUT2D eigenvalue weighted by Crippen LogP contribution is 2.34. The third-order valence-electron chi connectivity index (χ3n) is 4.64. The van der Waals surface area contributed by atoms with Gasteiger partial charge in [0.15, 0.2) is 5.16 Å². The molecule has 2 aromatic rings. The van der Waals surface area contributed by atoms with E-state index >= 15 is 0 Å². The Morgan fingerprint density at radius 2 is 1.88 bits per heavy atom. The minimum Gasteiger partial charge on any atom is -0.462 e. The third-order valence-corrected chi connectivity index (χ3v) is 5.79. The molecule has 2 aliphatic rings. The van der Waals surface area contributed by atoms with Gasteiger partial charge in [-0.2, -0.15) is 0 Å². The van der Waals surface area contributed by atoms with Gasteiger partial charge in [0.2, 0.25) is 5.95 Å². The van der Waals surface area contributed by atoms with Gasteiger partial charge in [-0.15, -0.1) is 10.2 Å². The number of ether oxygens (including phenoxy) is 1. The molecule has 0 saturated carbocycles. The van der Waals surface area contributed by atoms with Gasteiger partial charge in [-0.05, 0) is 38.3 Å². The number of nitrogens with zero attached hydrogens (tertiary/aromatic N) is 4. The minimum atomic E-state index is -0.212. The SMILES string of the molecule is C[C@H]1C[C@@H](Sc2nnc(N3CCCCC3)n2-c2ccccc2)C(=O)O1. The predicted octanol–water partition coefficient (Wildman–Crippen LogP) is 3.05. The Hall–Kier alpha value is -2.02. The predicted molar refractivity (Wildman–Crippen MR) is 97.2 cm³/mol. The summed E-state index contributed by atoms with van der Waals surface area (Å²) in [5.74, 6) is 0.715. The van der Waals surface area contributed by atoms with E-state index in [1.807, 2.05) is 25.1 Å². The van der Waals surface area contributed by atoms with Crippen LogP contribution in [0.1, 0.15) is 32.6 Å². The van der Waals surface area contributed by atoms with Crippen LogP contribution in [0.25, 0.3) is 5.69 Å². The van der Waals surface area contributed by atoms with Crippen LogP contribution in [0.4, 0.5) is 5.95 Å². The zero-order valence-corrected chi connectivity index (χ0v) is 15.1. The van der Waals surface area contributed by atoms with Gasteiger partial charge in [-0.3, -0.25) is 9.36 Å². The summed E-state index contributed by atoms with van der Waals surface area (Å²) in [5.41, 5.74) is 1.02. The van der Waals surface area contributed by atoms with Crippen LogP contribution in [0.15, 0.2) is 35.5 Å². The standard InChI is InChI=1S/C18H22N4O2S/c1-13-12-15(16(23)24-13)25-18-20-19-17(21-10-6-3-7-11-21)22(18)14-8-4-2-5-9-14/h2,4-5,8-9,13,15H,3,6-7,10-12H2,1H3/t13-,15+/m0/s1. The van der Waals surface area contributed by atoms with E-state index in [-0.39, 0.29) is 17.3 Å². The number of carbonyl (C=O) groups excluding carboxylic acids is 1. The van der Waals surface area contributed by atoms with Gasteiger partial charge in [0, 0.05) is 19.5 Å². The van der Waals surface area contributed by atoms with Crippen molar-refractivity contribution >= 4 is 23.7 Å². The molecule has 132 valence electrons. The maximum Gasteiger partial charge on any atom is 0.319 e. The summed E-state index contributed by atoms with van der Waals surface area (Å²) < 4.78 is 7.36. The van der Waals surface area contributed by atoms with Gasteiger partial charge >= 0.3 is 5.97 Å². The summed E-state index contributed by atoms with van der Waals surface area (Å²) in [6, 6.07) is 10.1. The lowest BCUT2D eigenvalue weighted by Gasteiger charge is -2.27. The maximum absolute atomic E-state index is 12.0. The average molecular weight is 358 g/mol. The smallest absolute Gasteiger partial charge is 0.319 e. The number of rotatable bonds is 4. The van der Waals surface area contributed by atoms with Crippen molar-refractivity contribution in [3.63, 3.8) is 0 Å². The summed E-state index contributed by atoms with van der Waals surface area (Å²) in [6.45, 7) is 3.93. The van der Waals surface area contributed by atoms with E-state index < -0.39 is 0 Å². The molecule has 6 nitrogen and oxygen atoms in total. The zero-order valence-electron chi connectivity index (χ0n) is 14.3.